The lowest BCUT2D eigenvalue weighted by molar-refractivity contribution is -0.137. The summed E-state index contributed by atoms with van der Waals surface area (Å²) in [6, 6.07) is 7.29. The van der Waals surface area contributed by atoms with E-state index in [4.69, 9.17) is 73.0 Å². The summed E-state index contributed by atoms with van der Waals surface area (Å²) in [4.78, 5) is 20.7. The van der Waals surface area contributed by atoms with Gasteiger partial charge in [0.15, 0.2) is 0 Å². The van der Waals surface area contributed by atoms with Crippen LogP contribution in [-0.4, -0.2) is 28.8 Å². The highest BCUT2D eigenvalue weighted by Gasteiger charge is 2.08. The highest BCUT2D eigenvalue weighted by Crippen LogP contribution is 2.33. The Morgan fingerprint density at radius 2 is 1.48 bits per heavy atom. The average molecular weight is 475 g/mol. The Balaban J connectivity index is 0.000000289. The molecule has 2 rings (SSSR count). The topological polar surface area (TPSA) is 83.8 Å². The highest BCUT2D eigenvalue weighted by molar-refractivity contribution is 6.43. The number of carbonyl (C=O) groups is 2. The van der Waals surface area contributed by atoms with Gasteiger partial charge in [-0.3, -0.25) is 4.79 Å². The fourth-order valence-electron chi connectivity index (χ4n) is 1.68. The Bertz CT molecular complexity index is 826. The standard InChI is InChI=1S/C10H9Cl3O3.C7H4Cl2O2/c11-6-4-8(13)9(5-7(6)12)16-3-1-2-10(14)15;8-4-1-2-6(9)5(3-4)7(10)11/h4-5H,1-3H2,(H,14,15);1-3H,(H,10,11). The lowest BCUT2D eigenvalue weighted by Crippen LogP contribution is -2.02. The summed E-state index contributed by atoms with van der Waals surface area (Å²) in [7, 11) is 0. The zero-order valence-corrected chi connectivity index (χ0v) is 17.3. The van der Waals surface area contributed by atoms with Crippen molar-refractivity contribution < 1.29 is 24.5 Å². The van der Waals surface area contributed by atoms with Crippen molar-refractivity contribution in [3.63, 3.8) is 0 Å². The molecule has 0 aliphatic carbocycles. The number of benzene rings is 2. The number of rotatable bonds is 6. The van der Waals surface area contributed by atoms with E-state index in [0.717, 1.165) is 0 Å². The van der Waals surface area contributed by atoms with Gasteiger partial charge in [-0.25, -0.2) is 4.79 Å². The zero-order valence-electron chi connectivity index (χ0n) is 13.5. The normalized spacial score (nSPS) is 9.96. The van der Waals surface area contributed by atoms with E-state index in [1.807, 2.05) is 0 Å². The fourth-order valence-corrected chi connectivity index (χ4v) is 2.64. The zero-order chi connectivity index (χ0) is 20.6. The summed E-state index contributed by atoms with van der Waals surface area (Å²) in [6.07, 6.45) is 0.463. The summed E-state index contributed by atoms with van der Waals surface area (Å²) >= 11 is 28.5. The van der Waals surface area contributed by atoms with Crippen LogP contribution in [0.2, 0.25) is 25.1 Å². The van der Waals surface area contributed by atoms with Crippen molar-refractivity contribution in [1.82, 2.24) is 0 Å². The predicted octanol–water partition coefficient (Wildman–Crippen LogP) is 6.58. The van der Waals surface area contributed by atoms with Crippen LogP contribution in [0.1, 0.15) is 23.2 Å². The molecule has 0 bridgehead atoms. The number of halogens is 5. The van der Waals surface area contributed by atoms with Crippen molar-refractivity contribution in [2.45, 2.75) is 12.8 Å². The molecule has 2 aromatic carbocycles. The van der Waals surface area contributed by atoms with Crippen LogP contribution in [0.25, 0.3) is 0 Å². The Morgan fingerprint density at radius 3 is 2.04 bits per heavy atom. The number of carboxylic acids is 2. The molecule has 10 heteroatoms. The maximum atomic E-state index is 10.4. The van der Waals surface area contributed by atoms with E-state index in [1.165, 1.54) is 30.3 Å². The van der Waals surface area contributed by atoms with Crippen molar-refractivity contribution in [3.05, 3.63) is 61.0 Å². The summed E-state index contributed by atoms with van der Waals surface area (Å²) < 4.78 is 5.28. The maximum Gasteiger partial charge on any atom is 0.337 e. The molecule has 146 valence electrons. The molecular formula is C17H13Cl5O5. The molecule has 0 aliphatic rings. The van der Waals surface area contributed by atoms with Gasteiger partial charge < -0.3 is 14.9 Å². The molecule has 0 aromatic heterocycles. The van der Waals surface area contributed by atoms with Gasteiger partial charge in [-0.05, 0) is 30.7 Å². The van der Waals surface area contributed by atoms with Crippen molar-refractivity contribution in [2.24, 2.45) is 0 Å². The minimum absolute atomic E-state index is 0.0270. The lowest BCUT2D eigenvalue weighted by Gasteiger charge is -2.08. The minimum Gasteiger partial charge on any atom is -0.492 e. The van der Waals surface area contributed by atoms with Crippen LogP contribution < -0.4 is 4.74 Å². The number of hydrogen-bond donors (Lipinski definition) is 2. The van der Waals surface area contributed by atoms with Crippen LogP contribution in [0.15, 0.2) is 30.3 Å². The Kier molecular flexibility index (Phi) is 10.1. The van der Waals surface area contributed by atoms with E-state index in [0.29, 0.717) is 32.3 Å². The largest absolute Gasteiger partial charge is 0.492 e. The van der Waals surface area contributed by atoms with Gasteiger partial charge in [-0.15, -0.1) is 0 Å². The van der Waals surface area contributed by atoms with Gasteiger partial charge >= 0.3 is 11.9 Å². The first-order chi connectivity index (χ1) is 12.6. The van der Waals surface area contributed by atoms with E-state index in [1.54, 1.807) is 0 Å². The number of carboxylic acid groups (broad SMARTS) is 2. The van der Waals surface area contributed by atoms with Crippen LogP contribution >= 0.6 is 58.0 Å². The molecule has 0 radical (unpaired) electrons. The number of aromatic carboxylic acids is 1. The van der Waals surface area contributed by atoms with Gasteiger partial charge in [-0.1, -0.05) is 58.0 Å². The van der Waals surface area contributed by atoms with E-state index < -0.39 is 11.9 Å². The molecule has 0 spiro atoms. The van der Waals surface area contributed by atoms with Crippen LogP contribution in [0.4, 0.5) is 0 Å². The quantitative estimate of drug-likeness (QED) is 0.365. The van der Waals surface area contributed by atoms with Gasteiger partial charge in [0.25, 0.3) is 0 Å². The lowest BCUT2D eigenvalue weighted by atomic mass is 10.2. The van der Waals surface area contributed by atoms with Crippen LogP contribution in [0.3, 0.4) is 0 Å². The molecule has 0 unspecified atom stereocenters. The van der Waals surface area contributed by atoms with Crippen molar-refractivity contribution in [1.29, 1.82) is 0 Å². The second-order valence-corrected chi connectivity index (χ2v) is 7.04. The predicted molar refractivity (Wildman–Crippen MR) is 107 cm³/mol. The first kappa shape index (κ1) is 23.7. The Morgan fingerprint density at radius 1 is 0.852 bits per heavy atom. The first-order valence-corrected chi connectivity index (χ1v) is 9.18. The number of aliphatic carboxylic acids is 1. The molecule has 0 heterocycles. The van der Waals surface area contributed by atoms with Crippen molar-refractivity contribution in [3.8, 4) is 5.75 Å². The first-order valence-electron chi connectivity index (χ1n) is 7.29. The molecular weight excluding hydrogens is 461 g/mol. The van der Waals surface area contributed by atoms with Crippen molar-refractivity contribution in [2.75, 3.05) is 6.61 Å². The Labute approximate surface area is 180 Å². The number of hydrogen-bond acceptors (Lipinski definition) is 3. The molecule has 0 saturated heterocycles. The summed E-state index contributed by atoms with van der Waals surface area (Å²) in [6.45, 7) is 0.268. The molecule has 0 atom stereocenters. The summed E-state index contributed by atoms with van der Waals surface area (Å²) in [5.41, 5.74) is 0.0270. The third kappa shape index (κ3) is 8.45. The molecule has 5 nitrogen and oxygen atoms in total. The Hall–Kier alpha value is -1.37. The van der Waals surface area contributed by atoms with E-state index in [-0.39, 0.29) is 23.6 Å². The molecule has 0 aliphatic heterocycles. The van der Waals surface area contributed by atoms with E-state index >= 15 is 0 Å². The molecule has 2 N–H and O–H groups in total. The van der Waals surface area contributed by atoms with E-state index in [2.05, 4.69) is 0 Å². The van der Waals surface area contributed by atoms with Gasteiger partial charge in [0.05, 0.1) is 32.3 Å². The molecule has 2 aromatic rings. The van der Waals surface area contributed by atoms with Crippen LogP contribution in [0, 0.1) is 0 Å². The minimum atomic E-state index is -1.07. The van der Waals surface area contributed by atoms with Crippen LogP contribution in [-0.2, 0) is 4.79 Å². The van der Waals surface area contributed by atoms with Crippen LogP contribution in [0.5, 0.6) is 5.75 Å². The monoisotopic (exact) mass is 472 g/mol. The van der Waals surface area contributed by atoms with Gasteiger partial charge in [0, 0.05) is 17.5 Å². The maximum absolute atomic E-state index is 10.4. The third-order valence-corrected chi connectivity index (χ3v) is 4.51. The summed E-state index contributed by atoms with van der Waals surface area (Å²) in [5, 5.41) is 18.6. The molecule has 0 amide bonds. The fraction of sp³-hybridized carbons (Fsp3) is 0.176. The molecule has 27 heavy (non-hydrogen) atoms. The second kappa shape index (κ2) is 11.5. The van der Waals surface area contributed by atoms with E-state index in [9.17, 15) is 9.59 Å². The molecule has 0 fully saturated rings. The van der Waals surface area contributed by atoms with Crippen molar-refractivity contribution >= 4 is 69.9 Å². The van der Waals surface area contributed by atoms with Gasteiger partial charge in [0.1, 0.15) is 5.75 Å². The third-order valence-electron chi connectivity index (χ3n) is 2.93. The SMILES string of the molecule is O=C(O)CCCOc1cc(Cl)c(Cl)cc1Cl.O=C(O)c1cc(Cl)ccc1Cl. The van der Waals surface area contributed by atoms with Gasteiger partial charge in [-0.2, -0.15) is 0 Å². The molecule has 0 saturated carbocycles. The van der Waals surface area contributed by atoms with Gasteiger partial charge in [0.2, 0.25) is 0 Å². The average Bonchev–Trinajstić information content (AvgIpc) is 2.58. The smallest absolute Gasteiger partial charge is 0.337 e. The summed E-state index contributed by atoms with van der Waals surface area (Å²) in [5.74, 6) is -1.53. The number of ether oxygens (including phenoxy) is 1. The second-order valence-electron chi connectivity index (χ2n) is 4.97. The highest BCUT2D eigenvalue weighted by atomic mass is 35.5.